The average Bonchev–Trinajstić information content (AvgIpc) is 2.79. The van der Waals surface area contributed by atoms with Gasteiger partial charge in [-0.05, 0) is 54.6 Å². The second-order valence-corrected chi connectivity index (χ2v) is 8.04. The lowest BCUT2D eigenvalue weighted by atomic mass is 10.2. The van der Waals surface area contributed by atoms with Crippen molar-refractivity contribution in [2.24, 2.45) is 0 Å². The van der Waals surface area contributed by atoms with Gasteiger partial charge in [-0.1, -0.05) is 18.2 Å². The molecule has 0 radical (unpaired) electrons. The first-order chi connectivity index (χ1) is 14.8. The van der Waals surface area contributed by atoms with Crippen LogP contribution in [0.4, 0.5) is 11.4 Å². The largest absolute Gasteiger partial charge is 0.495 e. The summed E-state index contributed by atoms with van der Waals surface area (Å²) < 4.78 is 38.0. The van der Waals surface area contributed by atoms with E-state index in [9.17, 15) is 18.0 Å². The maximum atomic E-state index is 12.8. The van der Waals surface area contributed by atoms with Crippen LogP contribution in [0.1, 0.15) is 20.7 Å². The van der Waals surface area contributed by atoms with Gasteiger partial charge in [0.2, 0.25) is 0 Å². The van der Waals surface area contributed by atoms with Crippen LogP contribution in [-0.4, -0.2) is 34.5 Å². The topological polar surface area (TPSA) is 111 Å². The number of sulfonamides is 1. The third-order valence-electron chi connectivity index (χ3n) is 4.32. The molecule has 0 aliphatic carbocycles. The number of rotatable bonds is 7. The van der Waals surface area contributed by atoms with Crippen molar-refractivity contribution < 1.29 is 27.5 Å². The van der Waals surface area contributed by atoms with Gasteiger partial charge in [-0.15, -0.1) is 0 Å². The molecular formula is C22H20N2O6S. The van der Waals surface area contributed by atoms with Crippen LogP contribution in [0.5, 0.6) is 5.75 Å². The summed E-state index contributed by atoms with van der Waals surface area (Å²) in [7, 11) is -1.29. The first-order valence-corrected chi connectivity index (χ1v) is 10.6. The van der Waals surface area contributed by atoms with E-state index < -0.39 is 21.9 Å². The molecule has 0 aliphatic rings. The first-order valence-electron chi connectivity index (χ1n) is 9.09. The fourth-order valence-electron chi connectivity index (χ4n) is 2.74. The summed E-state index contributed by atoms with van der Waals surface area (Å²) in [5, 5.41) is 2.67. The Kier molecular flexibility index (Phi) is 6.56. The van der Waals surface area contributed by atoms with Crippen molar-refractivity contribution in [3.8, 4) is 5.75 Å². The molecule has 3 rings (SSSR count). The molecule has 3 aromatic rings. The summed E-state index contributed by atoms with van der Waals surface area (Å²) in [6.07, 6.45) is 0. The maximum absolute atomic E-state index is 12.8. The number of benzene rings is 3. The van der Waals surface area contributed by atoms with Crippen molar-refractivity contribution in [2.45, 2.75) is 4.90 Å². The minimum atomic E-state index is -3.97. The molecule has 0 atom stereocenters. The lowest BCUT2D eigenvalue weighted by Gasteiger charge is -2.13. The molecule has 2 N–H and O–H groups in total. The molecule has 3 aromatic carbocycles. The molecule has 0 aromatic heterocycles. The van der Waals surface area contributed by atoms with Gasteiger partial charge in [-0.25, -0.2) is 13.2 Å². The zero-order valence-electron chi connectivity index (χ0n) is 16.8. The molecule has 0 saturated carbocycles. The number of esters is 1. The van der Waals surface area contributed by atoms with Crippen LogP contribution >= 0.6 is 0 Å². The highest BCUT2D eigenvalue weighted by Crippen LogP contribution is 2.29. The number of hydrogen-bond donors (Lipinski definition) is 2. The van der Waals surface area contributed by atoms with Crippen molar-refractivity contribution in [3.63, 3.8) is 0 Å². The van der Waals surface area contributed by atoms with E-state index in [0.717, 1.165) is 0 Å². The van der Waals surface area contributed by atoms with Gasteiger partial charge >= 0.3 is 5.97 Å². The number of hydrogen-bond acceptors (Lipinski definition) is 6. The summed E-state index contributed by atoms with van der Waals surface area (Å²) >= 11 is 0. The van der Waals surface area contributed by atoms with Crippen molar-refractivity contribution in [2.75, 3.05) is 24.3 Å². The van der Waals surface area contributed by atoms with Gasteiger partial charge < -0.3 is 14.8 Å². The molecule has 31 heavy (non-hydrogen) atoms. The number of nitrogens with one attached hydrogen (secondary N) is 2. The minimum Gasteiger partial charge on any atom is -0.495 e. The normalized spacial score (nSPS) is 10.8. The Hall–Kier alpha value is -3.85. The number of amides is 1. The lowest BCUT2D eigenvalue weighted by molar-refractivity contribution is 0.0600. The van der Waals surface area contributed by atoms with Gasteiger partial charge in [0, 0.05) is 11.3 Å². The smallest absolute Gasteiger partial charge is 0.337 e. The first kappa shape index (κ1) is 21.8. The Bertz CT molecular complexity index is 1190. The zero-order chi connectivity index (χ0) is 22.4. The second kappa shape index (κ2) is 9.31. The van der Waals surface area contributed by atoms with Crippen molar-refractivity contribution in [1.82, 2.24) is 0 Å². The predicted molar refractivity (Wildman–Crippen MR) is 116 cm³/mol. The number of anilines is 2. The van der Waals surface area contributed by atoms with Crippen LogP contribution in [-0.2, 0) is 14.8 Å². The molecule has 9 heteroatoms. The van der Waals surface area contributed by atoms with Crippen molar-refractivity contribution in [3.05, 3.63) is 83.9 Å². The molecule has 1 amide bonds. The van der Waals surface area contributed by atoms with Crippen LogP contribution in [0.2, 0.25) is 0 Å². The number of ether oxygens (including phenoxy) is 2. The molecule has 0 bridgehead atoms. The van der Waals surface area contributed by atoms with E-state index in [-0.39, 0.29) is 16.3 Å². The monoisotopic (exact) mass is 440 g/mol. The van der Waals surface area contributed by atoms with Crippen LogP contribution < -0.4 is 14.8 Å². The molecular weight excluding hydrogens is 420 g/mol. The summed E-state index contributed by atoms with van der Waals surface area (Å²) in [6, 6.07) is 18.4. The molecule has 0 fully saturated rings. The number of methoxy groups -OCH3 is 2. The van der Waals surface area contributed by atoms with E-state index in [4.69, 9.17) is 4.74 Å². The Morgan fingerprint density at radius 3 is 2.13 bits per heavy atom. The quantitative estimate of drug-likeness (QED) is 0.544. The third kappa shape index (κ3) is 5.20. The molecule has 0 saturated heterocycles. The van der Waals surface area contributed by atoms with Crippen LogP contribution in [0.3, 0.4) is 0 Å². The predicted octanol–water partition coefficient (Wildman–Crippen LogP) is 3.53. The molecule has 160 valence electrons. The van der Waals surface area contributed by atoms with E-state index in [1.165, 1.54) is 56.7 Å². The highest BCUT2D eigenvalue weighted by atomic mass is 32.2. The fraction of sp³-hybridized carbons (Fsp3) is 0.0909. The van der Waals surface area contributed by atoms with Crippen LogP contribution in [0.15, 0.2) is 77.7 Å². The molecule has 8 nitrogen and oxygen atoms in total. The van der Waals surface area contributed by atoms with E-state index in [2.05, 4.69) is 14.8 Å². The Morgan fingerprint density at radius 1 is 0.839 bits per heavy atom. The van der Waals surface area contributed by atoms with Gasteiger partial charge in [-0.2, -0.15) is 0 Å². The Labute approximate surface area is 179 Å². The molecule has 0 spiro atoms. The minimum absolute atomic E-state index is 0.0753. The van der Waals surface area contributed by atoms with Crippen molar-refractivity contribution in [1.29, 1.82) is 0 Å². The SMILES string of the molecule is COC(=O)c1ccc(NS(=O)(=O)c2ccc(OC)c(NC(=O)c3ccccc3)c2)cc1. The van der Waals surface area contributed by atoms with Crippen molar-refractivity contribution >= 4 is 33.3 Å². The molecule has 0 heterocycles. The lowest BCUT2D eigenvalue weighted by Crippen LogP contribution is -2.16. The third-order valence-corrected chi connectivity index (χ3v) is 5.70. The highest BCUT2D eigenvalue weighted by molar-refractivity contribution is 7.92. The van der Waals surface area contributed by atoms with E-state index >= 15 is 0 Å². The summed E-state index contributed by atoms with van der Waals surface area (Å²) in [5.41, 5.74) is 1.18. The number of carbonyl (C=O) groups excluding carboxylic acids is 2. The van der Waals surface area contributed by atoms with Crippen LogP contribution in [0.25, 0.3) is 0 Å². The molecule has 0 unspecified atom stereocenters. The Morgan fingerprint density at radius 2 is 1.52 bits per heavy atom. The summed E-state index contributed by atoms with van der Waals surface area (Å²) in [4.78, 5) is 23.9. The Balaban J connectivity index is 1.85. The fourth-order valence-corrected chi connectivity index (χ4v) is 3.83. The summed E-state index contributed by atoms with van der Waals surface area (Å²) in [5.74, 6) is -0.617. The van der Waals surface area contributed by atoms with E-state index in [1.807, 2.05) is 0 Å². The van der Waals surface area contributed by atoms with Gasteiger partial charge in [-0.3, -0.25) is 9.52 Å². The van der Waals surface area contributed by atoms with E-state index in [1.54, 1.807) is 30.3 Å². The summed E-state index contributed by atoms with van der Waals surface area (Å²) in [6.45, 7) is 0. The van der Waals surface area contributed by atoms with Crippen LogP contribution in [0, 0.1) is 0 Å². The molecule has 0 aliphatic heterocycles. The highest BCUT2D eigenvalue weighted by Gasteiger charge is 2.18. The second-order valence-electron chi connectivity index (χ2n) is 6.36. The zero-order valence-corrected chi connectivity index (χ0v) is 17.6. The van der Waals surface area contributed by atoms with E-state index in [0.29, 0.717) is 16.9 Å². The maximum Gasteiger partial charge on any atom is 0.337 e. The average molecular weight is 440 g/mol. The standard InChI is InChI=1S/C22H20N2O6S/c1-29-20-13-12-18(14-19(20)23-21(25)15-6-4-3-5-7-15)31(27,28)24-17-10-8-16(9-11-17)22(26)30-2/h3-14,24H,1-2H3,(H,23,25). The van der Waals surface area contributed by atoms with Gasteiger partial charge in [0.05, 0.1) is 30.4 Å². The number of carbonyl (C=O) groups is 2. The van der Waals surface area contributed by atoms with Gasteiger partial charge in [0.1, 0.15) is 5.75 Å². The van der Waals surface area contributed by atoms with Gasteiger partial charge in [0.15, 0.2) is 0 Å². The van der Waals surface area contributed by atoms with Gasteiger partial charge in [0.25, 0.3) is 15.9 Å².